The van der Waals surface area contributed by atoms with Crippen LogP contribution < -0.4 is 10.6 Å². The highest BCUT2D eigenvalue weighted by Gasteiger charge is 2.17. The van der Waals surface area contributed by atoms with Crippen LogP contribution in [0.5, 0.6) is 0 Å². The molecule has 116 valence electrons. The largest absolute Gasteiger partial charge is 0.354 e. The van der Waals surface area contributed by atoms with Crippen molar-refractivity contribution in [2.75, 3.05) is 39.0 Å². The average molecular weight is 301 g/mol. The van der Waals surface area contributed by atoms with E-state index in [0.717, 1.165) is 25.9 Å². The minimum Gasteiger partial charge on any atom is -0.354 e. The molecule has 0 spiro atoms. The number of thioether (sulfide) groups is 1. The molecule has 0 saturated carbocycles. The molecule has 0 unspecified atom stereocenters. The topological polar surface area (TPSA) is 61.4 Å². The molecule has 1 fully saturated rings. The number of carbonyl (C=O) groups excluding carboxylic acids is 2. The Morgan fingerprint density at radius 2 is 2.00 bits per heavy atom. The SMILES string of the molecule is CC(C)CNC(=O)CN(C)C(=O)CSC1CCNCC1. The van der Waals surface area contributed by atoms with Gasteiger partial charge in [-0.1, -0.05) is 13.8 Å². The average Bonchev–Trinajstić information content (AvgIpc) is 2.43. The molecule has 2 amide bonds. The summed E-state index contributed by atoms with van der Waals surface area (Å²) >= 11 is 1.72. The van der Waals surface area contributed by atoms with Crippen LogP contribution in [0.2, 0.25) is 0 Å². The molecule has 0 aromatic carbocycles. The van der Waals surface area contributed by atoms with E-state index in [2.05, 4.69) is 10.6 Å². The molecule has 2 N–H and O–H groups in total. The summed E-state index contributed by atoms with van der Waals surface area (Å²) in [6.07, 6.45) is 2.24. The van der Waals surface area contributed by atoms with E-state index in [1.54, 1.807) is 18.8 Å². The maximum Gasteiger partial charge on any atom is 0.239 e. The Labute approximate surface area is 126 Å². The molecule has 20 heavy (non-hydrogen) atoms. The Bertz CT molecular complexity index is 318. The van der Waals surface area contributed by atoms with E-state index < -0.39 is 0 Å². The molecule has 1 aliphatic rings. The van der Waals surface area contributed by atoms with Crippen molar-refractivity contribution in [3.63, 3.8) is 0 Å². The Balaban J connectivity index is 2.19. The van der Waals surface area contributed by atoms with Crippen LogP contribution in [0.15, 0.2) is 0 Å². The summed E-state index contributed by atoms with van der Waals surface area (Å²) in [7, 11) is 1.69. The van der Waals surface area contributed by atoms with Crippen molar-refractivity contribution >= 4 is 23.6 Å². The van der Waals surface area contributed by atoms with Crippen LogP contribution in [-0.2, 0) is 9.59 Å². The zero-order valence-electron chi connectivity index (χ0n) is 12.8. The van der Waals surface area contributed by atoms with Gasteiger partial charge < -0.3 is 15.5 Å². The molecule has 1 saturated heterocycles. The minimum absolute atomic E-state index is 0.0354. The lowest BCUT2D eigenvalue weighted by Gasteiger charge is -2.23. The third kappa shape index (κ3) is 7.14. The first-order valence-electron chi connectivity index (χ1n) is 7.32. The maximum atomic E-state index is 12.0. The highest BCUT2D eigenvalue weighted by atomic mass is 32.2. The quantitative estimate of drug-likeness (QED) is 0.727. The number of likely N-dealkylation sites (N-methyl/N-ethyl adjacent to an activating group) is 1. The molecule has 1 aliphatic heterocycles. The maximum absolute atomic E-state index is 12.0. The third-order valence-electron chi connectivity index (χ3n) is 3.24. The zero-order chi connectivity index (χ0) is 15.0. The summed E-state index contributed by atoms with van der Waals surface area (Å²) < 4.78 is 0. The first kappa shape index (κ1) is 17.3. The van der Waals surface area contributed by atoms with Crippen molar-refractivity contribution in [1.82, 2.24) is 15.5 Å². The van der Waals surface area contributed by atoms with Gasteiger partial charge in [0.25, 0.3) is 0 Å². The fourth-order valence-electron chi connectivity index (χ4n) is 1.94. The number of hydrogen-bond acceptors (Lipinski definition) is 4. The van der Waals surface area contributed by atoms with Crippen LogP contribution in [0, 0.1) is 5.92 Å². The molecule has 0 aliphatic carbocycles. The van der Waals surface area contributed by atoms with E-state index >= 15 is 0 Å². The summed E-state index contributed by atoms with van der Waals surface area (Å²) in [6, 6.07) is 0. The molecule has 6 heteroatoms. The predicted octanol–water partition coefficient (Wildman–Crippen LogP) is 0.702. The fourth-order valence-corrected chi connectivity index (χ4v) is 3.11. The summed E-state index contributed by atoms with van der Waals surface area (Å²) in [5.41, 5.74) is 0. The Hall–Kier alpha value is -0.750. The summed E-state index contributed by atoms with van der Waals surface area (Å²) in [5.74, 6) is 0.851. The number of amides is 2. The van der Waals surface area contributed by atoms with Crippen LogP contribution in [0.1, 0.15) is 26.7 Å². The lowest BCUT2D eigenvalue weighted by molar-refractivity contribution is -0.132. The number of rotatable bonds is 7. The van der Waals surface area contributed by atoms with Gasteiger partial charge in [0.05, 0.1) is 12.3 Å². The Morgan fingerprint density at radius 3 is 2.60 bits per heavy atom. The van der Waals surface area contributed by atoms with Gasteiger partial charge in [-0.25, -0.2) is 0 Å². The van der Waals surface area contributed by atoms with Crippen molar-refractivity contribution in [1.29, 1.82) is 0 Å². The van der Waals surface area contributed by atoms with Crippen LogP contribution in [0.3, 0.4) is 0 Å². The van der Waals surface area contributed by atoms with Gasteiger partial charge in [-0.15, -0.1) is 11.8 Å². The van der Waals surface area contributed by atoms with Gasteiger partial charge in [-0.3, -0.25) is 9.59 Å². The zero-order valence-corrected chi connectivity index (χ0v) is 13.6. The number of piperidine rings is 1. The lowest BCUT2D eigenvalue weighted by atomic mass is 10.2. The van der Waals surface area contributed by atoms with Crippen molar-refractivity contribution in [2.24, 2.45) is 5.92 Å². The van der Waals surface area contributed by atoms with Crippen LogP contribution >= 0.6 is 11.8 Å². The van der Waals surface area contributed by atoms with Crippen molar-refractivity contribution in [2.45, 2.75) is 31.9 Å². The highest BCUT2D eigenvalue weighted by Crippen LogP contribution is 2.20. The molecular formula is C14H27N3O2S. The Kier molecular flexibility index (Phi) is 7.99. The molecular weight excluding hydrogens is 274 g/mol. The molecule has 0 aromatic heterocycles. The first-order chi connectivity index (χ1) is 9.49. The van der Waals surface area contributed by atoms with Crippen LogP contribution in [0.25, 0.3) is 0 Å². The summed E-state index contributed by atoms with van der Waals surface area (Å²) in [4.78, 5) is 25.1. The van der Waals surface area contributed by atoms with Gasteiger partial charge >= 0.3 is 0 Å². The van der Waals surface area contributed by atoms with Gasteiger partial charge in [0.15, 0.2) is 0 Å². The second-order valence-electron chi connectivity index (χ2n) is 5.71. The van der Waals surface area contributed by atoms with Crippen LogP contribution in [0.4, 0.5) is 0 Å². The number of hydrogen-bond donors (Lipinski definition) is 2. The first-order valence-corrected chi connectivity index (χ1v) is 8.37. The van der Waals surface area contributed by atoms with E-state index in [4.69, 9.17) is 0 Å². The van der Waals surface area contributed by atoms with E-state index in [-0.39, 0.29) is 18.4 Å². The monoisotopic (exact) mass is 301 g/mol. The standard InChI is InChI=1S/C14H27N3O2S/c1-11(2)8-16-13(18)9-17(3)14(19)10-20-12-4-6-15-7-5-12/h11-12,15H,4-10H2,1-3H3,(H,16,18). The van der Waals surface area contributed by atoms with Gasteiger partial charge in [0.1, 0.15) is 0 Å². The lowest BCUT2D eigenvalue weighted by Crippen LogP contribution is -2.40. The highest BCUT2D eigenvalue weighted by molar-refractivity contribution is 8.00. The third-order valence-corrected chi connectivity index (χ3v) is 4.60. The number of nitrogens with one attached hydrogen (secondary N) is 2. The van der Waals surface area contributed by atoms with Crippen molar-refractivity contribution < 1.29 is 9.59 Å². The van der Waals surface area contributed by atoms with Gasteiger partial charge in [0, 0.05) is 18.8 Å². The Morgan fingerprint density at radius 1 is 1.35 bits per heavy atom. The molecule has 0 atom stereocenters. The summed E-state index contributed by atoms with van der Waals surface area (Å²) in [6.45, 7) is 6.98. The van der Waals surface area contributed by atoms with E-state index in [0.29, 0.717) is 23.5 Å². The van der Waals surface area contributed by atoms with E-state index in [1.165, 1.54) is 4.90 Å². The normalized spacial score (nSPS) is 16.2. The fraction of sp³-hybridized carbons (Fsp3) is 0.857. The minimum atomic E-state index is -0.0820. The van der Waals surface area contributed by atoms with E-state index in [1.807, 2.05) is 13.8 Å². The predicted molar refractivity (Wildman–Crippen MR) is 83.8 cm³/mol. The van der Waals surface area contributed by atoms with Gasteiger partial charge in [0.2, 0.25) is 11.8 Å². The van der Waals surface area contributed by atoms with E-state index in [9.17, 15) is 9.59 Å². The number of nitrogens with zero attached hydrogens (tertiary/aromatic N) is 1. The second kappa shape index (κ2) is 9.23. The summed E-state index contributed by atoms with van der Waals surface area (Å²) in [5, 5.41) is 6.71. The number of carbonyl (C=O) groups is 2. The van der Waals surface area contributed by atoms with Crippen molar-refractivity contribution in [3.05, 3.63) is 0 Å². The molecule has 5 nitrogen and oxygen atoms in total. The van der Waals surface area contributed by atoms with Crippen LogP contribution in [-0.4, -0.2) is 60.9 Å². The molecule has 0 bridgehead atoms. The van der Waals surface area contributed by atoms with Gasteiger partial charge in [-0.05, 0) is 31.8 Å². The molecule has 0 aromatic rings. The molecule has 0 radical (unpaired) electrons. The second-order valence-corrected chi connectivity index (χ2v) is 7.00. The van der Waals surface area contributed by atoms with Crippen molar-refractivity contribution in [3.8, 4) is 0 Å². The molecule has 1 rings (SSSR count). The van der Waals surface area contributed by atoms with Gasteiger partial charge in [-0.2, -0.15) is 0 Å². The molecule has 1 heterocycles. The smallest absolute Gasteiger partial charge is 0.239 e.